The summed E-state index contributed by atoms with van der Waals surface area (Å²) in [5.41, 5.74) is 1.09. The molecule has 0 bridgehead atoms. The van der Waals surface area contributed by atoms with Crippen LogP contribution < -0.4 is 14.4 Å². The zero-order valence-electron chi connectivity index (χ0n) is 21.2. The number of anilines is 1. The van der Waals surface area contributed by atoms with E-state index in [0.717, 1.165) is 23.3 Å². The maximum absolute atomic E-state index is 13.2. The average molecular weight is 496 g/mol. The van der Waals surface area contributed by atoms with Crippen molar-refractivity contribution in [3.8, 4) is 11.5 Å². The number of hydrogen-bond donors (Lipinski definition) is 0. The van der Waals surface area contributed by atoms with Crippen LogP contribution in [-0.2, 0) is 20.9 Å². The fourth-order valence-electron chi connectivity index (χ4n) is 3.73. The molecule has 3 rings (SSSR count). The zero-order chi connectivity index (χ0) is 26.2. The fourth-order valence-corrected chi connectivity index (χ4v) is 3.73. The topological polar surface area (TPSA) is 96.5 Å². The smallest absolute Gasteiger partial charge is 0.339 e. The third-order valence-electron chi connectivity index (χ3n) is 5.60. The van der Waals surface area contributed by atoms with Gasteiger partial charge in [0.15, 0.2) is 11.5 Å². The van der Waals surface area contributed by atoms with Crippen LogP contribution in [0.2, 0.25) is 0 Å². The van der Waals surface area contributed by atoms with E-state index in [-0.39, 0.29) is 11.7 Å². The number of imide groups is 2. The molecule has 1 saturated heterocycles. The molecule has 0 saturated carbocycles. The Labute approximate surface area is 211 Å². The van der Waals surface area contributed by atoms with Crippen LogP contribution in [0.1, 0.15) is 46.1 Å². The molecule has 1 fully saturated rings. The maximum atomic E-state index is 13.2. The summed E-state index contributed by atoms with van der Waals surface area (Å²) in [4.78, 5) is 54.9. The summed E-state index contributed by atoms with van der Waals surface area (Å²) in [5.74, 6) is -1.63. The normalized spacial score (nSPS) is 13.5. The molecular weight excluding hydrogens is 462 g/mol. The Hall–Kier alpha value is -3.88. The van der Waals surface area contributed by atoms with Crippen LogP contribution in [0.15, 0.2) is 48.5 Å². The summed E-state index contributed by atoms with van der Waals surface area (Å²) >= 11 is 0. The molecule has 0 aliphatic carbocycles. The first-order valence-corrected chi connectivity index (χ1v) is 12.2. The molecule has 0 aromatic heterocycles. The van der Waals surface area contributed by atoms with Gasteiger partial charge in [-0.25, -0.2) is 14.6 Å². The van der Waals surface area contributed by atoms with Crippen LogP contribution in [0, 0.1) is 0 Å². The highest BCUT2D eigenvalue weighted by Crippen LogP contribution is 2.34. The van der Waals surface area contributed by atoms with Crippen molar-refractivity contribution in [2.45, 2.75) is 53.1 Å². The second-order valence-electron chi connectivity index (χ2n) is 8.74. The number of rotatable bonds is 12. The van der Waals surface area contributed by atoms with Gasteiger partial charge in [0.05, 0.1) is 18.9 Å². The van der Waals surface area contributed by atoms with Gasteiger partial charge in [0.2, 0.25) is 5.91 Å². The summed E-state index contributed by atoms with van der Waals surface area (Å²) in [6.07, 6.45) is 1.55. The van der Waals surface area contributed by atoms with Crippen LogP contribution in [0.4, 0.5) is 10.5 Å². The molecule has 2 aromatic carbocycles. The van der Waals surface area contributed by atoms with Crippen LogP contribution in [-0.4, -0.2) is 59.4 Å². The summed E-state index contributed by atoms with van der Waals surface area (Å²) in [6, 6.07) is 13.0. The largest absolute Gasteiger partial charge is 0.490 e. The van der Waals surface area contributed by atoms with E-state index in [1.165, 1.54) is 12.1 Å². The lowest BCUT2D eigenvalue weighted by Crippen LogP contribution is -2.45. The monoisotopic (exact) mass is 495 g/mol. The molecule has 192 valence electrons. The highest BCUT2D eigenvalue weighted by atomic mass is 16.5. The first-order chi connectivity index (χ1) is 17.3. The molecule has 0 atom stereocenters. The Morgan fingerprint density at radius 1 is 0.889 bits per heavy atom. The Balaban J connectivity index is 1.81. The number of ether oxygens (including phenoxy) is 2. The Morgan fingerprint density at radius 2 is 1.53 bits per heavy atom. The lowest BCUT2D eigenvalue weighted by atomic mass is 10.2. The number of carbonyl (C=O) groups is 4. The van der Waals surface area contributed by atoms with Gasteiger partial charge in [-0.2, -0.15) is 0 Å². The molecule has 1 aliphatic rings. The molecule has 1 heterocycles. The van der Waals surface area contributed by atoms with Gasteiger partial charge in [0.25, 0.3) is 0 Å². The number of carbonyl (C=O) groups excluding carboxylic acids is 4. The summed E-state index contributed by atoms with van der Waals surface area (Å²) in [5, 5.41) is 0. The molecule has 5 amide bonds. The number of urea groups is 1. The van der Waals surface area contributed by atoms with Gasteiger partial charge in [0, 0.05) is 18.7 Å². The minimum absolute atomic E-state index is 0.174. The van der Waals surface area contributed by atoms with Crippen LogP contribution >= 0.6 is 0 Å². The van der Waals surface area contributed by atoms with E-state index in [9.17, 15) is 19.2 Å². The van der Waals surface area contributed by atoms with Crippen molar-refractivity contribution in [3.05, 3.63) is 54.1 Å². The van der Waals surface area contributed by atoms with E-state index in [1.54, 1.807) is 11.0 Å². The Morgan fingerprint density at radius 3 is 2.14 bits per heavy atom. The molecule has 9 heteroatoms. The van der Waals surface area contributed by atoms with Crippen molar-refractivity contribution in [1.82, 2.24) is 9.80 Å². The molecular formula is C27H33N3O6. The van der Waals surface area contributed by atoms with E-state index < -0.39 is 30.3 Å². The number of hydrogen-bond acceptors (Lipinski definition) is 6. The summed E-state index contributed by atoms with van der Waals surface area (Å²) in [6.45, 7) is 8.33. The molecule has 0 unspecified atom stereocenters. The van der Waals surface area contributed by atoms with E-state index in [4.69, 9.17) is 9.47 Å². The molecule has 2 aromatic rings. The second-order valence-corrected chi connectivity index (χ2v) is 8.74. The molecule has 0 N–H and O–H groups in total. The highest BCUT2D eigenvalue weighted by molar-refractivity contribution is 6.53. The van der Waals surface area contributed by atoms with Crippen molar-refractivity contribution in [2.75, 3.05) is 24.7 Å². The van der Waals surface area contributed by atoms with Crippen molar-refractivity contribution in [3.63, 3.8) is 0 Å². The van der Waals surface area contributed by atoms with Crippen LogP contribution in [0.25, 0.3) is 0 Å². The fraction of sp³-hybridized carbons (Fsp3) is 0.407. The first-order valence-electron chi connectivity index (χ1n) is 12.2. The van der Waals surface area contributed by atoms with Crippen LogP contribution in [0.5, 0.6) is 11.5 Å². The molecule has 0 spiro atoms. The lowest BCUT2D eigenvalue weighted by molar-refractivity contribution is -0.143. The zero-order valence-corrected chi connectivity index (χ0v) is 21.2. The molecule has 1 aliphatic heterocycles. The predicted octanol–water partition coefficient (Wildman–Crippen LogP) is 4.00. The quantitative estimate of drug-likeness (QED) is 0.326. The van der Waals surface area contributed by atoms with Crippen molar-refractivity contribution in [1.29, 1.82) is 0 Å². The Kier molecular flexibility index (Phi) is 9.05. The minimum atomic E-state index is -1.04. The second kappa shape index (κ2) is 12.2. The highest BCUT2D eigenvalue weighted by Gasteiger charge is 2.46. The Bertz CT molecular complexity index is 1100. The molecule has 9 nitrogen and oxygen atoms in total. The van der Waals surface area contributed by atoms with Crippen LogP contribution in [0.3, 0.4) is 0 Å². The average Bonchev–Trinajstić information content (AvgIpc) is 3.08. The van der Waals surface area contributed by atoms with Gasteiger partial charge < -0.3 is 14.4 Å². The number of amides is 5. The number of nitrogens with zero attached hydrogens (tertiary/aromatic N) is 3. The van der Waals surface area contributed by atoms with Gasteiger partial charge >= 0.3 is 17.8 Å². The standard InChI is InChI=1S/C27H33N3O6/c1-5-14-35-22-13-12-21(16-23(22)36-15-6-2)30-26(33)25(32)29(27(30)34)18-24(31)28(19(3)4)17-20-10-8-7-9-11-20/h7-13,16,19H,5-6,14-15,17-18H2,1-4H3. The van der Waals surface area contributed by atoms with E-state index in [0.29, 0.717) is 36.2 Å². The van der Waals surface area contributed by atoms with Gasteiger partial charge in [-0.15, -0.1) is 0 Å². The van der Waals surface area contributed by atoms with Crippen molar-refractivity contribution in [2.24, 2.45) is 0 Å². The SMILES string of the molecule is CCCOc1ccc(N2C(=O)C(=O)N(CC(=O)N(Cc3ccccc3)C(C)C)C2=O)cc1OCCC. The van der Waals surface area contributed by atoms with Gasteiger partial charge in [-0.1, -0.05) is 44.2 Å². The van der Waals surface area contributed by atoms with Gasteiger partial charge in [-0.05, 0) is 44.4 Å². The van der Waals surface area contributed by atoms with Crippen molar-refractivity contribution < 1.29 is 28.7 Å². The van der Waals surface area contributed by atoms with E-state index in [2.05, 4.69) is 0 Å². The van der Waals surface area contributed by atoms with E-state index in [1.807, 2.05) is 58.0 Å². The third kappa shape index (κ3) is 6.02. The van der Waals surface area contributed by atoms with Gasteiger partial charge in [0.1, 0.15) is 6.54 Å². The molecule has 0 radical (unpaired) electrons. The van der Waals surface area contributed by atoms with Gasteiger partial charge in [-0.3, -0.25) is 14.4 Å². The first kappa shape index (κ1) is 26.7. The van der Waals surface area contributed by atoms with E-state index >= 15 is 0 Å². The molecule has 36 heavy (non-hydrogen) atoms. The maximum Gasteiger partial charge on any atom is 0.339 e. The summed E-state index contributed by atoms with van der Waals surface area (Å²) < 4.78 is 11.5. The third-order valence-corrected chi connectivity index (χ3v) is 5.60. The summed E-state index contributed by atoms with van der Waals surface area (Å²) in [7, 11) is 0. The van der Waals surface area contributed by atoms with Crippen molar-refractivity contribution >= 4 is 29.4 Å². The predicted molar refractivity (Wildman–Crippen MR) is 135 cm³/mol. The minimum Gasteiger partial charge on any atom is -0.490 e. The lowest BCUT2D eigenvalue weighted by Gasteiger charge is -2.28. The number of benzene rings is 2.